The number of hydrogen-bond donors (Lipinski definition) is 0. The van der Waals surface area contributed by atoms with Gasteiger partial charge in [-0.1, -0.05) is 129 Å². The minimum atomic E-state index is -0.190. The molecule has 0 aliphatic heterocycles. The highest BCUT2D eigenvalue weighted by molar-refractivity contribution is 6.25. The molecule has 1 nitrogen and oxygen atoms in total. The lowest BCUT2D eigenvalue weighted by Crippen LogP contribution is -2.24. The van der Waals surface area contributed by atoms with Crippen LogP contribution >= 0.6 is 0 Å². The number of hydrogen-bond acceptors (Lipinski definition) is 1. The summed E-state index contributed by atoms with van der Waals surface area (Å²) >= 11 is 0. The van der Waals surface area contributed by atoms with E-state index in [1.807, 2.05) is 6.20 Å². The maximum atomic E-state index is 4.77. The number of aromatic nitrogens is 1. The van der Waals surface area contributed by atoms with Gasteiger partial charge >= 0.3 is 0 Å². The zero-order valence-electron chi connectivity index (χ0n) is 25.1. The van der Waals surface area contributed by atoms with Gasteiger partial charge in [-0.05, 0) is 95.2 Å². The third-order valence-corrected chi connectivity index (χ3v) is 10.1. The van der Waals surface area contributed by atoms with Crippen LogP contribution in [0.1, 0.15) is 30.5 Å². The Hall–Kier alpha value is -5.27. The number of nitrogens with zero attached hydrogens (tertiary/aromatic N) is 1. The van der Waals surface area contributed by atoms with Gasteiger partial charge in [0, 0.05) is 28.8 Å². The predicted molar refractivity (Wildman–Crippen MR) is 187 cm³/mol. The van der Waals surface area contributed by atoms with Crippen molar-refractivity contribution in [3.05, 3.63) is 150 Å². The first-order valence-corrected chi connectivity index (χ1v) is 15.5. The number of rotatable bonds is 2. The van der Waals surface area contributed by atoms with Crippen molar-refractivity contribution < 1.29 is 0 Å². The summed E-state index contributed by atoms with van der Waals surface area (Å²) in [7, 11) is 0. The predicted octanol–water partition coefficient (Wildman–Crippen LogP) is 11.6. The molecule has 0 N–H and O–H groups in total. The van der Waals surface area contributed by atoms with E-state index in [1.54, 1.807) is 0 Å². The quantitative estimate of drug-likeness (QED) is 0.191. The van der Waals surface area contributed by atoms with E-state index in [4.69, 9.17) is 4.98 Å². The molecule has 0 bridgehead atoms. The van der Waals surface area contributed by atoms with E-state index in [-0.39, 0.29) is 5.41 Å². The van der Waals surface area contributed by atoms with Crippen LogP contribution in [0.4, 0.5) is 0 Å². The van der Waals surface area contributed by atoms with E-state index in [2.05, 4.69) is 148 Å². The van der Waals surface area contributed by atoms with Crippen LogP contribution in [0.15, 0.2) is 134 Å². The fourth-order valence-electron chi connectivity index (χ4n) is 7.99. The lowest BCUT2D eigenvalue weighted by molar-refractivity contribution is 0.646. The molecule has 44 heavy (non-hydrogen) atoms. The van der Waals surface area contributed by atoms with Crippen LogP contribution < -0.4 is 0 Å². The molecule has 1 heterocycles. The molecule has 0 atom stereocenters. The van der Waals surface area contributed by atoms with Gasteiger partial charge in [-0.15, -0.1) is 0 Å². The number of benzene rings is 7. The molecule has 1 heteroatoms. The Morgan fingerprint density at radius 2 is 1.00 bits per heavy atom. The van der Waals surface area contributed by atoms with Crippen molar-refractivity contribution in [2.24, 2.45) is 0 Å². The Labute approximate surface area is 257 Å². The second-order valence-corrected chi connectivity index (χ2v) is 12.8. The van der Waals surface area contributed by atoms with Gasteiger partial charge in [0.2, 0.25) is 0 Å². The van der Waals surface area contributed by atoms with E-state index in [1.165, 1.54) is 93.2 Å². The van der Waals surface area contributed by atoms with Crippen molar-refractivity contribution in [3.63, 3.8) is 0 Å². The van der Waals surface area contributed by atoms with Crippen molar-refractivity contribution >= 4 is 43.1 Å². The van der Waals surface area contributed by atoms with Gasteiger partial charge in [0.1, 0.15) is 0 Å². The summed E-state index contributed by atoms with van der Waals surface area (Å²) in [6, 6.07) is 44.9. The molecule has 0 fully saturated rings. The molecule has 0 spiro atoms. The van der Waals surface area contributed by atoms with Crippen molar-refractivity contribution in [1.82, 2.24) is 4.98 Å². The van der Waals surface area contributed by atoms with E-state index in [9.17, 15) is 0 Å². The molecule has 8 aromatic rings. The third-order valence-electron chi connectivity index (χ3n) is 10.1. The molecule has 0 saturated heterocycles. The summed E-state index contributed by atoms with van der Waals surface area (Å²) < 4.78 is 0. The van der Waals surface area contributed by atoms with Gasteiger partial charge in [0.25, 0.3) is 0 Å². The monoisotopic (exact) mass is 561 g/mol. The van der Waals surface area contributed by atoms with Crippen molar-refractivity contribution in [2.75, 3.05) is 0 Å². The van der Waals surface area contributed by atoms with Crippen LogP contribution in [0.5, 0.6) is 0 Å². The lowest BCUT2D eigenvalue weighted by atomic mass is 9.66. The fraction of sp³-hybridized carbons (Fsp3) is 0.0930. The molecule has 1 aliphatic rings. The smallest absolute Gasteiger partial charge is 0.0353 e. The number of fused-ring (bicyclic) bond motifs is 6. The van der Waals surface area contributed by atoms with Gasteiger partial charge in [-0.25, -0.2) is 0 Å². The zero-order chi connectivity index (χ0) is 29.6. The molecule has 0 amide bonds. The SMILES string of the molecule is Cc1ccc2c3c(cncc13)-c1c(cc(-c3c4ccccc4c(-c4ccccc4)c4ccccc34)c3ccccc13)C2(C)C. The van der Waals surface area contributed by atoms with Crippen LogP contribution in [0.2, 0.25) is 0 Å². The molecule has 7 aromatic carbocycles. The van der Waals surface area contributed by atoms with Crippen LogP contribution in [-0.2, 0) is 5.41 Å². The van der Waals surface area contributed by atoms with E-state index in [0.29, 0.717) is 0 Å². The van der Waals surface area contributed by atoms with E-state index >= 15 is 0 Å². The standard InChI is InChI=1S/C43H31N/c1-26-21-22-37-42-35(26)24-44-25-36(42)41-29-16-8-7-15-28(29)34(23-38(41)43(37,2)3)40-32-19-11-9-17-30(32)39(27-13-5-4-6-14-27)31-18-10-12-20-33(31)40/h4-25H,1-3H3. The van der Waals surface area contributed by atoms with Gasteiger partial charge in [-0.2, -0.15) is 0 Å². The average Bonchev–Trinajstić information content (AvgIpc) is 3.06. The summed E-state index contributed by atoms with van der Waals surface area (Å²) in [4.78, 5) is 4.77. The highest BCUT2D eigenvalue weighted by atomic mass is 14.6. The summed E-state index contributed by atoms with van der Waals surface area (Å²) in [5.74, 6) is 0. The molecule has 1 aliphatic carbocycles. The Morgan fingerprint density at radius 1 is 0.455 bits per heavy atom. The third kappa shape index (κ3) is 3.33. The first-order valence-electron chi connectivity index (χ1n) is 15.5. The maximum absolute atomic E-state index is 4.77. The van der Waals surface area contributed by atoms with Crippen molar-refractivity contribution in [3.8, 4) is 33.4 Å². The summed E-state index contributed by atoms with van der Waals surface area (Å²) in [5.41, 5.74) is 11.5. The molecule has 0 radical (unpaired) electrons. The average molecular weight is 562 g/mol. The molecule has 0 unspecified atom stereocenters. The highest BCUT2D eigenvalue weighted by Gasteiger charge is 2.36. The molecule has 9 rings (SSSR count). The highest BCUT2D eigenvalue weighted by Crippen LogP contribution is 2.54. The first-order chi connectivity index (χ1) is 21.5. The zero-order valence-corrected chi connectivity index (χ0v) is 25.1. The Kier molecular flexibility index (Phi) is 5.23. The Balaban J connectivity index is 1.48. The molecular formula is C43H31N. The topological polar surface area (TPSA) is 12.9 Å². The first kappa shape index (κ1) is 25.2. The largest absolute Gasteiger partial charge is 0.263 e. The molecular weight excluding hydrogens is 530 g/mol. The number of pyridine rings is 1. The molecule has 0 saturated carbocycles. The number of aryl methyl sites for hydroxylation is 1. The van der Waals surface area contributed by atoms with Gasteiger partial charge in [0.05, 0.1) is 0 Å². The van der Waals surface area contributed by atoms with Crippen molar-refractivity contribution in [1.29, 1.82) is 0 Å². The van der Waals surface area contributed by atoms with Crippen molar-refractivity contribution in [2.45, 2.75) is 26.2 Å². The van der Waals surface area contributed by atoms with Crippen LogP contribution in [0, 0.1) is 6.92 Å². The normalized spacial score (nSPS) is 13.5. The Bertz CT molecular complexity index is 2410. The van der Waals surface area contributed by atoms with Gasteiger partial charge < -0.3 is 0 Å². The minimum absolute atomic E-state index is 0.190. The maximum Gasteiger partial charge on any atom is 0.0353 e. The van der Waals surface area contributed by atoms with E-state index < -0.39 is 0 Å². The summed E-state index contributed by atoms with van der Waals surface area (Å²) in [6.45, 7) is 6.99. The van der Waals surface area contributed by atoms with E-state index in [0.717, 1.165) is 0 Å². The molecule has 1 aromatic heterocycles. The van der Waals surface area contributed by atoms with Gasteiger partial charge in [-0.3, -0.25) is 4.98 Å². The summed E-state index contributed by atoms with van der Waals surface area (Å²) in [5, 5.41) is 10.3. The minimum Gasteiger partial charge on any atom is -0.263 e. The van der Waals surface area contributed by atoms with Crippen LogP contribution in [-0.4, -0.2) is 4.98 Å². The molecule has 208 valence electrons. The second-order valence-electron chi connectivity index (χ2n) is 12.8. The summed E-state index contributed by atoms with van der Waals surface area (Å²) in [6.07, 6.45) is 4.13. The second kappa shape index (κ2) is 9.11. The van der Waals surface area contributed by atoms with Crippen LogP contribution in [0.25, 0.3) is 76.5 Å². The fourth-order valence-corrected chi connectivity index (χ4v) is 7.99. The van der Waals surface area contributed by atoms with Gasteiger partial charge in [0.15, 0.2) is 0 Å². The lowest BCUT2D eigenvalue weighted by Gasteiger charge is -2.36. The van der Waals surface area contributed by atoms with Crippen LogP contribution in [0.3, 0.4) is 0 Å². The Morgan fingerprint density at radius 3 is 1.64 bits per heavy atom.